The van der Waals surface area contributed by atoms with Gasteiger partial charge in [0.1, 0.15) is 0 Å². The van der Waals surface area contributed by atoms with Gasteiger partial charge in [0.25, 0.3) is 0 Å². The monoisotopic (exact) mass is 279 g/mol. The Hall–Kier alpha value is -1.86. The topological polar surface area (TPSA) is 12.0 Å². The molecule has 0 fully saturated rings. The Bertz CT molecular complexity index is 491. The Balaban J connectivity index is 2.15. The van der Waals surface area contributed by atoms with Crippen molar-refractivity contribution in [3.8, 4) is 0 Å². The van der Waals surface area contributed by atoms with Crippen molar-refractivity contribution in [3.05, 3.63) is 83.9 Å². The number of nitrogens with one attached hydrogen (secondary N) is 1. The molecule has 0 bridgehead atoms. The first-order chi connectivity index (χ1) is 10.3. The fourth-order valence-electron chi connectivity index (χ4n) is 2.50. The number of hydrogen-bond acceptors (Lipinski definition) is 1. The van der Waals surface area contributed by atoms with E-state index in [0.717, 1.165) is 12.8 Å². The van der Waals surface area contributed by atoms with Crippen molar-refractivity contribution < 1.29 is 0 Å². The Kier molecular flexibility index (Phi) is 6.23. The summed E-state index contributed by atoms with van der Waals surface area (Å²) in [7, 11) is 0. The van der Waals surface area contributed by atoms with Crippen LogP contribution in [0.3, 0.4) is 0 Å². The normalized spacial score (nSPS) is 12.9. The standard InChI is InChI=1S/C20H25N/c1-3-4-7-12-17(2)21-20(18-13-8-5-9-14-18)19-15-10-6-11-16-19/h4-11,13-17,20-21H,3,12H2,1-2H3/b7-4-. The van der Waals surface area contributed by atoms with Crippen molar-refractivity contribution in [2.45, 2.75) is 38.8 Å². The van der Waals surface area contributed by atoms with Crippen LogP contribution in [0.2, 0.25) is 0 Å². The molecule has 110 valence electrons. The van der Waals surface area contributed by atoms with Gasteiger partial charge in [-0.15, -0.1) is 0 Å². The Morgan fingerprint density at radius 2 is 1.38 bits per heavy atom. The maximum Gasteiger partial charge on any atom is 0.0578 e. The summed E-state index contributed by atoms with van der Waals surface area (Å²) >= 11 is 0. The van der Waals surface area contributed by atoms with Gasteiger partial charge in [-0.2, -0.15) is 0 Å². The molecule has 0 aromatic heterocycles. The van der Waals surface area contributed by atoms with E-state index in [2.05, 4.69) is 92.0 Å². The molecule has 0 saturated heterocycles. The second-order valence-electron chi connectivity index (χ2n) is 5.44. The molecular formula is C20H25N. The third-order valence-electron chi connectivity index (χ3n) is 3.61. The third-order valence-corrected chi connectivity index (χ3v) is 3.61. The Morgan fingerprint density at radius 3 is 1.86 bits per heavy atom. The van der Waals surface area contributed by atoms with E-state index in [-0.39, 0.29) is 6.04 Å². The molecule has 0 aliphatic carbocycles. The first-order valence-electron chi connectivity index (χ1n) is 7.82. The van der Waals surface area contributed by atoms with Gasteiger partial charge in [0.15, 0.2) is 0 Å². The Labute approximate surface area is 128 Å². The summed E-state index contributed by atoms with van der Waals surface area (Å²) in [5.74, 6) is 0. The number of rotatable bonds is 7. The molecule has 0 radical (unpaired) electrons. The summed E-state index contributed by atoms with van der Waals surface area (Å²) in [6.45, 7) is 4.42. The molecule has 21 heavy (non-hydrogen) atoms. The number of allylic oxidation sites excluding steroid dienone is 1. The lowest BCUT2D eigenvalue weighted by Crippen LogP contribution is -2.30. The third kappa shape index (κ3) is 4.87. The van der Waals surface area contributed by atoms with Crippen molar-refractivity contribution in [1.82, 2.24) is 5.32 Å². The largest absolute Gasteiger partial charge is 0.303 e. The quantitative estimate of drug-likeness (QED) is 0.694. The van der Waals surface area contributed by atoms with Crippen LogP contribution in [0, 0.1) is 0 Å². The molecule has 2 rings (SSSR count). The summed E-state index contributed by atoms with van der Waals surface area (Å²) in [5.41, 5.74) is 2.63. The minimum Gasteiger partial charge on any atom is -0.303 e. The highest BCUT2D eigenvalue weighted by molar-refractivity contribution is 5.31. The van der Waals surface area contributed by atoms with Crippen LogP contribution in [0.25, 0.3) is 0 Å². The van der Waals surface area contributed by atoms with Gasteiger partial charge in [0.2, 0.25) is 0 Å². The van der Waals surface area contributed by atoms with Crippen molar-refractivity contribution in [2.24, 2.45) is 0 Å². The van der Waals surface area contributed by atoms with Crippen molar-refractivity contribution in [3.63, 3.8) is 0 Å². The molecule has 1 atom stereocenters. The predicted molar refractivity (Wildman–Crippen MR) is 91.4 cm³/mol. The maximum atomic E-state index is 3.76. The number of benzene rings is 2. The molecule has 0 aliphatic rings. The summed E-state index contributed by atoms with van der Waals surface area (Å²) in [6.07, 6.45) is 6.67. The van der Waals surface area contributed by atoms with E-state index < -0.39 is 0 Å². The molecule has 0 amide bonds. The summed E-state index contributed by atoms with van der Waals surface area (Å²) < 4.78 is 0. The molecule has 0 saturated carbocycles. The fraction of sp³-hybridized carbons (Fsp3) is 0.300. The molecular weight excluding hydrogens is 254 g/mol. The van der Waals surface area contributed by atoms with Crippen LogP contribution >= 0.6 is 0 Å². The minimum atomic E-state index is 0.248. The Morgan fingerprint density at radius 1 is 0.857 bits per heavy atom. The lowest BCUT2D eigenvalue weighted by molar-refractivity contribution is 0.502. The van der Waals surface area contributed by atoms with E-state index in [1.54, 1.807) is 0 Å². The van der Waals surface area contributed by atoms with Crippen molar-refractivity contribution in [1.29, 1.82) is 0 Å². The van der Waals surface area contributed by atoms with E-state index in [1.807, 2.05) is 0 Å². The van der Waals surface area contributed by atoms with E-state index in [1.165, 1.54) is 11.1 Å². The van der Waals surface area contributed by atoms with Crippen LogP contribution in [0.4, 0.5) is 0 Å². The molecule has 2 aromatic rings. The van der Waals surface area contributed by atoms with Gasteiger partial charge in [-0.05, 0) is 30.9 Å². The predicted octanol–water partition coefficient (Wildman–Crippen LogP) is 5.11. The van der Waals surface area contributed by atoms with E-state index >= 15 is 0 Å². The van der Waals surface area contributed by atoms with Gasteiger partial charge >= 0.3 is 0 Å². The highest BCUT2D eigenvalue weighted by Crippen LogP contribution is 2.22. The van der Waals surface area contributed by atoms with Crippen molar-refractivity contribution >= 4 is 0 Å². The SMILES string of the molecule is CC/C=C\CC(C)NC(c1ccccc1)c1ccccc1. The highest BCUT2D eigenvalue weighted by Gasteiger charge is 2.15. The zero-order valence-corrected chi connectivity index (χ0v) is 13.0. The average molecular weight is 279 g/mol. The molecule has 0 aliphatic heterocycles. The minimum absolute atomic E-state index is 0.248. The van der Waals surface area contributed by atoms with Crippen LogP contribution in [0.15, 0.2) is 72.8 Å². The van der Waals surface area contributed by atoms with Crippen LogP contribution in [0.5, 0.6) is 0 Å². The molecule has 1 unspecified atom stereocenters. The number of hydrogen-bond donors (Lipinski definition) is 1. The van der Waals surface area contributed by atoms with Gasteiger partial charge in [-0.1, -0.05) is 79.7 Å². The second kappa shape index (κ2) is 8.43. The van der Waals surface area contributed by atoms with Crippen LogP contribution in [-0.4, -0.2) is 6.04 Å². The summed E-state index contributed by atoms with van der Waals surface area (Å²) in [4.78, 5) is 0. The van der Waals surface area contributed by atoms with E-state index in [9.17, 15) is 0 Å². The fourth-order valence-corrected chi connectivity index (χ4v) is 2.50. The summed E-state index contributed by atoms with van der Waals surface area (Å²) in [6, 6.07) is 22.0. The first-order valence-corrected chi connectivity index (χ1v) is 7.82. The molecule has 1 nitrogen and oxygen atoms in total. The lowest BCUT2D eigenvalue weighted by atomic mass is 9.97. The van der Waals surface area contributed by atoms with Gasteiger partial charge < -0.3 is 5.32 Å². The van der Waals surface area contributed by atoms with Crippen LogP contribution in [-0.2, 0) is 0 Å². The smallest absolute Gasteiger partial charge is 0.0578 e. The molecule has 1 N–H and O–H groups in total. The van der Waals surface area contributed by atoms with Crippen molar-refractivity contribution in [2.75, 3.05) is 0 Å². The van der Waals surface area contributed by atoms with E-state index in [4.69, 9.17) is 0 Å². The first kappa shape index (κ1) is 15.5. The maximum absolute atomic E-state index is 3.76. The molecule has 2 aromatic carbocycles. The second-order valence-corrected chi connectivity index (χ2v) is 5.44. The van der Waals surface area contributed by atoms with Gasteiger partial charge in [0, 0.05) is 6.04 Å². The molecule has 1 heteroatoms. The molecule has 0 heterocycles. The average Bonchev–Trinajstić information content (AvgIpc) is 2.54. The van der Waals surface area contributed by atoms with E-state index in [0.29, 0.717) is 6.04 Å². The van der Waals surface area contributed by atoms with Crippen LogP contribution < -0.4 is 5.32 Å². The zero-order chi connectivity index (χ0) is 14.9. The van der Waals surface area contributed by atoms with Gasteiger partial charge in [-0.25, -0.2) is 0 Å². The zero-order valence-electron chi connectivity index (χ0n) is 13.0. The highest BCUT2D eigenvalue weighted by atomic mass is 14.9. The summed E-state index contributed by atoms with van der Waals surface area (Å²) in [5, 5.41) is 3.76. The van der Waals surface area contributed by atoms with Gasteiger partial charge in [-0.3, -0.25) is 0 Å². The van der Waals surface area contributed by atoms with Gasteiger partial charge in [0.05, 0.1) is 6.04 Å². The lowest BCUT2D eigenvalue weighted by Gasteiger charge is -2.24. The molecule has 0 spiro atoms. The van der Waals surface area contributed by atoms with Crippen LogP contribution in [0.1, 0.15) is 43.9 Å².